The van der Waals surface area contributed by atoms with Crippen LogP contribution in [0, 0.1) is 6.92 Å². The Labute approximate surface area is 215 Å². The van der Waals surface area contributed by atoms with Gasteiger partial charge in [0.05, 0.1) is 18.9 Å². The Morgan fingerprint density at radius 1 is 1.22 bits per heavy atom. The van der Waals surface area contributed by atoms with E-state index in [0.717, 1.165) is 26.3 Å². The number of anilines is 1. The summed E-state index contributed by atoms with van der Waals surface area (Å²) in [7, 11) is 2.91. The number of ether oxygens (including phenoxy) is 2. The third-order valence-corrected chi connectivity index (χ3v) is 7.13. The lowest BCUT2D eigenvalue weighted by Crippen LogP contribution is -2.47. The van der Waals surface area contributed by atoms with Gasteiger partial charge in [-0.15, -0.1) is 11.3 Å². The van der Waals surface area contributed by atoms with Crippen molar-refractivity contribution in [1.29, 1.82) is 0 Å². The minimum absolute atomic E-state index is 0.119. The van der Waals surface area contributed by atoms with Crippen molar-refractivity contribution in [2.24, 2.45) is 0 Å². The zero-order valence-corrected chi connectivity index (χ0v) is 21.3. The van der Waals surface area contributed by atoms with E-state index in [1.165, 1.54) is 29.3 Å². The predicted octanol–water partition coefficient (Wildman–Crippen LogP) is 2.04. The van der Waals surface area contributed by atoms with Crippen LogP contribution in [0.5, 0.6) is 5.75 Å². The van der Waals surface area contributed by atoms with Gasteiger partial charge in [-0.05, 0) is 30.0 Å². The van der Waals surface area contributed by atoms with Crippen LogP contribution in [0.25, 0.3) is 26.0 Å². The van der Waals surface area contributed by atoms with E-state index >= 15 is 0 Å². The summed E-state index contributed by atoms with van der Waals surface area (Å²) in [6.07, 6.45) is 1.28. The second-order valence-electron chi connectivity index (χ2n) is 8.14. The molecule has 37 heavy (non-hydrogen) atoms. The second kappa shape index (κ2) is 10.8. The van der Waals surface area contributed by atoms with Gasteiger partial charge < -0.3 is 30.5 Å². The van der Waals surface area contributed by atoms with E-state index in [-0.39, 0.29) is 29.5 Å². The van der Waals surface area contributed by atoms with E-state index in [0.29, 0.717) is 37.3 Å². The Morgan fingerprint density at radius 2 is 1.92 bits per heavy atom. The molecule has 4 aromatic rings. The number of benzene rings is 1. The minimum atomic E-state index is -0.640. The number of carboxylic acid groups (broad SMARTS) is 1. The maximum atomic E-state index is 13.7. The number of thiophene rings is 1. The summed E-state index contributed by atoms with van der Waals surface area (Å²) in [5.74, 6) is -0.0550. The summed E-state index contributed by atoms with van der Waals surface area (Å²) >= 11 is 1.44. The number of esters is 1. The lowest BCUT2D eigenvalue weighted by molar-refractivity contribution is -0.122. The van der Waals surface area contributed by atoms with Gasteiger partial charge in [0.1, 0.15) is 28.9 Å². The molecule has 5 rings (SSSR count). The van der Waals surface area contributed by atoms with Gasteiger partial charge in [0.25, 0.3) is 12.4 Å². The molecule has 1 fully saturated rings. The highest BCUT2D eigenvalue weighted by molar-refractivity contribution is 7.22. The molecule has 0 spiro atoms. The van der Waals surface area contributed by atoms with Crippen LogP contribution in [0.3, 0.4) is 0 Å². The number of hydrogen-bond acceptors (Lipinski definition) is 10. The van der Waals surface area contributed by atoms with Crippen molar-refractivity contribution in [3.8, 4) is 16.2 Å². The number of rotatable bonds is 4. The Kier molecular flexibility index (Phi) is 7.55. The quantitative estimate of drug-likeness (QED) is 0.265. The molecule has 1 aliphatic heterocycles. The molecular weight excluding hydrogens is 500 g/mol. The van der Waals surface area contributed by atoms with Crippen molar-refractivity contribution in [3.05, 3.63) is 41.3 Å². The number of piperazine rings is 1. The van der Waals surface area contributed by atoms with Crippen LogP contribution in [-0.2, 0) is 9.53 Å². The van der Waals surface area contributed by atoms with Gasteiger partial charge in [0.15, 0.2) is 5.82 Å². The van der Waals surface area contributed by atoms with Gasteiger partial charge in [-0.3, -0.25) is 9.59 Å². The Morgan fingerprint density at radius 3 is 2.57 bits per heavy atom. The Balaban J connectivity index is 0.00000102. The zero-order valence-electron chi connectivity index (χ0n) is 20.5. The van der Waals surface area contributed by atoms with E-state index in [1.807, 2.05) is 25.1 Å². The van der Waals surface area contributed by atoms with Gasteiger partial charge in [-0.1, -0.05) is 6.07 Å². The maximum absolute atomic E-state index is 13.7. The number of nitrogens with zero attached hydrogens (tertiary/aromatic N) is 4. The van der Waals surface area contributed by atoms with Gasteiger partial charge in [0.2, 0.25) is 0 Å². The summed E-state index contributed by atoms with van der Waals surface area (Å²) < 4.78 is 13.1. The third kappa shape index (κ3) is 4.66. The van der Waals surface area contributed by atoms with Gasteiger partial charge in [-0.2, -0.15) is 5.10 Å². The van der Waals surface area contributed by atoms with Crippen molar-refractivity contribution < 1.29 is 29.0 Å². The van der Waals surface area contributed by atoms with Crippen molar-refractivity contribution >= 4 is 51.1 Å². The molecule has 0 unspecified atom stereocenters. The minimum Gasteiger partial charge on any atom is -0.495 e. The highest BCUT2D eigenvalue weighted by Gasteiger charge is 2.35. The highest BCUT2D eigenvalue weighted by atomic mass is 32.1. The molecule has 1 aliphatic rings. The molecule has 1 saturated heterocycles. The first-order valence-corrected chi connectivity index (χ1v) is 12.1. The fourth-order valence-corrected chi connectivity index (χ4v) is 5.59. The molecule has 13 heteroatoms. The number of nitrogens with one attached hydrogen (secondary N) is 1. The molecule has 194 valence electrons. The fourth-order valence-electron chi connectivity index (χ4n) is 4.41. The maximum Gasteiger partial charge on any atom is 0.341 e. The van der Waals surface area contributed by atoms with Gasteiger partial charge >= 0.3 is 5.97 Å². The van der Waals surface area contributed by atoms with E-state index in [2.05, 4.69) is 15.4 Å². The van der Waals surface area contributed by atoms with Crippen LogP contribution in [-0.4, -0.2) is 83.4 Å². The Hall–Kier alpha value is -4.23. The molecule has 0 bridgehead atoms. The van der Waals surface area contributed by atoms with Crippen molar-refractivity contribution in [3.63, 3.8) is 0 Å². The molecule has 0 saturated carbocycles. The average Bonchev–Trinajstić information content (AvgIpc) is 3.48. The normalized spacial score (nSPS) is 13.2. The standard InChI is InChI=1S/C23H24N6O4S.CH2O2/c1-12-8-13-10-15(34-20(13)14(9-12)32-2)16-17(23(31)33-3)19(22(30)28-6-4-25-5-7-28)29-18(16)21(24)26-11-27-29;2-1-3/h8-11,25H,4-7H2,1-3H3,(H2,24,26,27);1H,(H,2,3). The molecule has 1 aromatic carbocycles. The molecule has 3 aromatic heterocycles. The molecular formula is C24H26N6O6S. The first kappa shape index (κ1) is 25.9. The van der Waals surface area contributed by atoms with E-state index in [9.17, 15) is 9.59 Å². The lowest BCUT2D eigenvalue weighted by atomic mass is 10.1. The summed E-state index contributed by atoms with van der Waals surface area (Å²) in [4.78, 5) is 41.8. The topological polar surface area (TPSA) is 161 Å². The number of carbonyl (C=O) groups is 3. The van der Waals surface area contributed by atoms with Crippen molar-refractivity contribution in [2.75, 3.05) is 46.1 Å². The van der Waals surface area contributed by atoms with E-state index in [4.69, 9.17) is 25.1 Å². The number of aromatic nitrogens is 3. The number of methoxy groups -OCH3 is 2. The zero-order chi connectivity index (χ0) is 26.7. The van der Waals surface area contributed by atoms with Crippen LogP contribution in [0.2, 0.25) is 0 Å². The number of nitrogen functional groups attached to an aromatic ring is 1. The number of amides is 1. The van der Waals surface area contributed by atoms with Crippen LogP contribution in [0.4, 0.5) is 5.82 Å². The molecule has 12 nitrogen and oxygen atoms in total. The van der Waals surface area contributed by atoms with Crippen LogP contribution >= 0.6 is 11.3 Å². The van der Waals surface area contributed by atoms with E-state index in [1.54, 1.807) is 12.0 Å². The fraction of sp³-hybridized carbons (Fsp3) is 0.292. The number of fused-ring (bicyclic) bond motifs is 2. The predicted molar refractivity (Wildman–Crippen MR) is 138 cm³/mol. The number of carbonyl (C=O) groups excluding carboxylic acids is 2. The summed E-state index contributed by atoms with van der Waals surface area (Å²) in [5, 5.41) is 15.4. The summed E-state index contributed by atoms with van der Waals surface area (Å²) in [5.41, 5.74) is 8.45. The Bertz CT molecular complexity index is 1490. The summed E-state index contributed by atoms with van der Waals surface area (Å²) in [6.45, 7) is 4.11. The van der Waals surface area contributed by atoms with E-state index < -0.39 is 5.97 Å². The average molecular weight is 527 g/mol. The highest BCUT2D eigenvalue weighted by Crippen LogP contribution is 2.44. The first-order chi connectivity index (χ1) is 17.9. The third-order valence-electron chi connectivity index (χ3n) is 5.94. The van der Waals surface area contributed by atoms with Crippen molar-refractivity contribution in [2.45, 2.75) is 6.92 Å². The van der Waals surface area contributed by atoms with Gasteiger partial charge in [0, 0.05) is 36.6 Å². The van der Waals surface area contributed by atoms with Crippen LogP contribution < -0.4 is 15.8 Å². The molecule has 0 radical (unpaired) electrons. The molecule has 0 atom stereocenters. The monoisotopic (exact) mass is 526 g/mol. The molecule has 4 N–H and O–H groups in total. The largest absolute Gasteiger partial charge is 0.495 e. The van der Waals surface area contributed by atoms with Crippen LogP contribution in [0.15, 0.2) is 24.5 Å². The molecule has 1 amide bonds. The molecule has 0 aliphatic carbocycles. The smallest absolute Gasteiger partial charge is 0.341 e. The first-order valence-electron chi connectivity index (χ1n) is 11.3. The molecule has 4 heterocycles. The number of hydrogen-bond donors (Lipinski definition) is 3. The lowest BCUT2D eigenvalue weighted by Gasteiger charge is -2.27. The van der Waals surface area contributed by atoms with Crippen molar-refractivity contribution in [1.82, 2.24) is 24.8 Å². The number of aryl methyl sites for hydroxylation is 1. The summed E-state index contributed by atoms with van der Waals surface area (Å²) in [6, 6.07) is 5.96. The SMILES string of the molecule is COC(=O)c1c(-c2cc3cc(C)cc(OC)c3s2)c2c(N)ncnn2c1C(=O)N1CCNCC1.O=CO. The second-order valence-corrected chi connectivity index (χ2v) is 9.19. The number of nitrogens with two attached hydrogens (primary N) is 1. The van der Waals surface area contributed by atoms with Crippen LogP contribution in [0.1, 0.15) is 26.4 Å². The van der Waals surface area contributed by atoms with Gasteiger partial charge in [-0.25, -0.2) is 14.3 Å².